The second kappa shape index (κ2) is 2.77. The van der Waals surface area contributed by atoms with Crippen LogP contribution in [0.2, 0.25) is 0 Å². The van der Waals surface area contributed by atoms with E-state index in [9.17, 15) is 5.11 Å². The molecular formula is C10H10O. The highest BCUT2D eigenvalue weighted by Crippen LogP contribution is 2.17. The lowest BCUT2D eigenvalue weighted by Gasteiger charge is -2.15. The molecule has 1 N–H and O–H groups in total. The van der Waals surface area contributed by atoms with Crippen molar-refractivity contribution >= 4 is 0 Å². The fourth-order valence-electron chi connectivity index (χ4n) is 0.846. The number of hydrogen-bond acceptors (Lipinski definition) is 1. The average Bonchev–Trinajstić information content (AvgIpc) is 2.06. The van der Waals surface area contributed by atoms with Gasteiger partial charge < -0.3 is 5.11 Å². The van der Waals surface area contributed by atoms with Crippen LogP contribution >= 0.6 is 0 Å². The molecule has 56 valence electrons. The lowest BCUT2D eigenvalue weighted by atomic mass is 9.97. The lowest BCUT2D eigenvalue weighted by Crippen LogP contribution is -2.17. The molecule has 0 saturated heterocycles. The van der Waals surface area contributed by atoms with Gasteiger partial charge >= 0.3 is 0 Å². The lowest BCUT2D eigenvalue weighted by molar-refractivity contribution is 0.122. The topological polar surface area (TPSA) is 20.2 Å². The molecule has 1 unspecified atom stereocenters. The third kappa shape index (κ3) is 1.60. The minimum absolute atomic E-state index is 0.752. The third-order valence-electron chi connectivity index (χ3n) is 1.62. The molecule has 11 heavy (non-hydrogen) atoms. The SMILES string of the molecule is C#CC(C)(O)c1ccccc1. The van der Waals surface area contributed by atoms with E-state index in [-0.39, 0.29) is 0 Å². The Morgan fingerprint density at radius 2 is 1.91 bits per heavy atom. The van der Waals surface area contributed by atoms with Crippen LogP contribution in [0.4, 0.5) is 0 Å². The quantitative estimate of drug-likeness (QED) is 0.596. The summed E-state index contributed by atoms with van der Waals surface area (Å²) in [5, 5.41) is 9.56. The molecule has 0 amide bonds. The average molecular weight is 146 g/mol. The molecule has 0 radical (unpaired) electrons. The minimum Gasteiger partial charge on any atom is -0.374 e. The highest BCUT2D eigenvalue weighted by Gasteiger charge is 2.17. The first-order valence-corrected chi connectivity index (χ1v) is 3.42. The van der Waals surface area contributed by atoms with Gasteiger partial charge in [-0.2, -0.15) is 0 Å². The molecule has 1 nitrogen and oxygen atoms in total. The number of rotatable bonds is 1. The summed E-state index contributed by atoms with van der Waals surface area (Å²) in [5.41, 5.74) is -0.385. The van der Waals surface area contributed by atoms with Crippen LogP contribution in [0.1, 0.15) is 12.5 Å². The summed E-state index contributed by atoms with van der Waals surface area (Å²) in [6.07, 6.45) is 5.14. The maximum atomic E-state index is 9.56. The number of benzene rings is 1. The Balaban J connectivity index is 3.05. The van der Waals surface area contributed by atoms with Crippen molar-refractivity contribution in [2.45, 2.75) is 12.5 Å². The first kappa shape index (κ1) is 7.84. The molecule has 1 heteroatoms. The van der Waals surface area contributed by atoms with Gasteiger partial charge in [-0.15, -0.1) is 6.42 Å². The number of hydrogen-bond donors (Lipinski definition) is 1. The molecule has 0 aromatic heterocycles. The van der Waals surface area contributed by atoms with Gasteiger partial charge in [-0.1, -0.05) is 36.3 Å². The van der Waals surface area contributed by atoms with Crippen LogP contribution in [0.25, 0.3) is 0 Å². The van der Waals surface area contributed by atoms with E-state index >= 15 is 0 Å². The van der Waals surface area contributed by atoms with Gasteiger partial charge in [0, 0.05) is 0 Å². The van der Waals surface area contributed by atoms with Gasteiger partial charge in [-0.3, -0.25) is 0 Å². The summed E-state index contributed by atoms with van der Waals surface area (Å²) in [4.78, 5) is 0. The Morgan fingerprint density at radius 3 is 2.36 bits per heavy atom. The maximum Gasteiger partial charge on any atom is 0.147 e. The Kier molecular flexibility index (Phi) is 1.98. The van der Waals surface area contributed by atoms with Crippen molar-refractivity contribution in [2.24, 2.45) is 0 Å². The summed E-state index contributed by atoms with van der Waals surface area (Å²) in [6, 6.07) is 9.19. The van der Waals surface area contributed by atoms with Crippen molar-refractivity contribution in [3.63, 3.8) is 0 Å². The smallest absolute Gasteiger partial charge is 0.147 e. The van der Waals surface area contributed by atoms with Gasteiger partial charge in [0.25, 0.3) is 0 Å². The molecule has 1 atom stereocenters. The summed E-state index contributed by atoms with van der Waals surface area (Å²) >= 11 is 0. The van der Waals surface area contributed by atoms with Crippen LogP contribution in [-0.4, -0.2) is 5.11 Å². The van der Waals surface area contributed by atoms with Gasteiger partial charge in [0.2, 0.25) is 0 Å². The zero-order valence-corrected chi connectivity index (χ0v) is 6.41. The molecule has 0 bridgehead atoms. The molecule has 0 spiro atoms. The minimum atomic E-state index is -1.14. The van der Waals surface area contributed by atoms with Crippen LogP contribution in [-0.2, 0) is 5.60 Å². The Morgan fingerprint density at radius 1 is 1.36 bits per heavy atom. The Bertz CT molecular complexity index is 267. The van der Waals surface area contributed by atoms with E-state index in [2.05, 4.69) is 5.92 Å². The van der Waals surface area contributed by atoms with Crippen LogP contribution in [0, 0.1) is 12.3 Å². The summed E-state index contributed by atoms with van der Waals surface area (Å²) < 4.78 is 0. The fraction of sp³-hybridized carbons (Fsp3) is 0.200. The number of terminal acetylenes is 1. The maximum absolute atomic E-state index is 9.56. The van der Waals surface area contributed by atoms with Crippen LogP contribution < -0.4 is 0 Å². The molecule has 0 aliphatic heterocycles. The molecular weight excluding hydrogens is 136 g/mol. The second-order valence-electron chi connectivity index (χ2n) is 2.58. The summed E-state index contributed by atoms with van der Waals surface area (Å²) in [5.74, 6) is 2.31. The van der Waals surface area contributed by atoms with E-state index in [0.29, 0.717) is 0 Å². The number of aliphatic hydroxyl groups is 1. The molecule has 0 fully saturated rings. The zero-order valence-electron chi connectivity index (χ0n) is 6.41. The molecule has 0 heterocycles. The second-order valence-corrected chi connectivity index (χ2v) is 2.58. The van der Waals surface area contributed by atoms with Gasteiger partial charge in [-0.05, 0) is 12.5 Å². The van der Waals surface area contributed by atoms with E-state index in [0.717, 1.165) is 5.56 Å². The monoisotopic (exact) mass is 146 g/mol. The summed E-state index contributed by atoms with van der Waals surface area (Å²) in [6.45, 7) is 1.60. The normalized spacial score (nSPS) is 15.0. The van der Waals surface area contributed by atoms with Crippen molar-refractivity contribution in [2.75, 3.05) is 0 Å². The molecule has 1 rings (SSSR count). The van der Waals surface area contributed by atoms with Crippen LogP contribution in [0.3, 0.4) is 0 Å². The van der Waals surface area contributed by atoms with Crippen molar-refractivity contribution < 1.29 is 5.11 Å². The largest absolute Gasteiger partial charge is 0.374 e. The van der Waals surface area contributed by atoms with Crippen LogP contribution in [0.5, 0.6) is 0 Å². The summed E-state index contributed by atoms with van der Waals surface area (Å²) in [7, 11) is 0. The highest BCUT2D eigenvalue weighted by atomic mass is 16.3. The fourth-order valence-corrected chi connectivity index (χ4v) is 0.846. The standard InChI is InChI=1S/C10H10O/c1-3-10(2,11)9-7-5-4-6-8-9/h1,4-8,11H,2H3. The van der Waals surface area contributed by atoms with E-state index in [1.54, 1.807) is 19.1 Å². The Labute approximate surface area is 66.7 Å². The van der Waals surface area contributed by atoms with E-state index < -0.39 is 5.60 Å². The van der Waals surface area contributed by atoms with Crippen molar-refractivity contribution in [1.29, 1.82) is 0 Å². The zero-order chi connectivity index (χ0) is 8.32. The molecule has 1 aromatic rings. The van der Waals surface area contributed by atoms with E-state index in [1.807, 2.05) is 18.2 Å². The molecule has 1 aromatic carbocycles. The predicted molar refractivity (Wildman–Crippen MR) is 44.8 cm³/mol. The highest BCUT2D eigenvalue weighted by molar-refractivity contribution is 5.28. The van der Waals surface area contributed by atoms with E-state index in [1.165, 1.54) is 0 Å². The first-order chi connectivity index (χ1) is 5.17. The van der Waals surface area contributed by atoms with Gasteiger partial charge in [0.1, 0.15) is 5.60 Å². The Hall–Kier alpha value is -1.26. The van der Waals surface area contributed by atoms with Crippen molar-refractivity contribution in [1.82, 2.24) is 0 Å². The first-order valence-electron chi connectivity index (χ1n) is 3.42. The van der Waals surface area contributed by atoms with Gasteiger partial charge in [0.05, 0.1) is 0 Å². The predicted octanol–water partition coefficient (Wildman–Crippen LogP) is 1.53. The van der Waals surface area contributed by atoms with Crippen molar-refractivity contribution in [3.05, 3.63) is 35.9 Å². The molecule has 0 aliphatic rings. The van der Waals surface area contributed by atoms with E-state index in [4.69, 9.17) is 6.42 Å². The third-order valence-corrected chi connectivity index (χ3v) is 1.62. The van der Waals surface area contributed by atoms with Gasteiger partial charge in [-0.25, -0.2) is 0 Å². The molecule has 0 aliphatic carbocycles. The molecule has 0 saturated carbocycles. The van der Waals surface area contributed by atoms with Crippen LogP contribution in [0.15, 0.2) is 30.3 Å². The van der Waals surface area contributed by atoms with Gasteiger partial charge in [0.15, 0.2) is 0 Å². The van der Waals surface area contributed by atoms with Crippen molar-refractivity contribution in [3.8, 4) is 12.3 Å².